The summed E-state index contributed by atoms with van der Waals surface area (Å²) in [7, 11) is -0.440. The van der Waals surface area contributed by atoms with Crippen molar-refractivity contribution in [3.63, 3.8) is 0 Å². The fourth-order valence-electron chi connectivity index (χ4n) is 6.80. The summed E-state index contributed by atoms with van der Waals surface area (Å²) in [6.07, 6.45) is 5.63. The average molecular weight is 546 g/mol. The Bertz CT molecular complexity index is 1450. The number of benzene rings is 2. The number of carboxylic acid groups (broad SMARTS) is 1. The van der Waals surface area contributed by atoms with Gasteiger partial charge in [-0.2, -0.15) is 0 Å². The highest BCUT2D eigenvalue weighted by atomic mass is 19.1. The van der Waals surface area contributed by atoms with Crippen LogP contribution in [0.2, 0.25) is 0 Å². The Hall–Kier alpha value is -3.17. The molecule has 1 amide bonds. The van der Waals surface area contributed by atoms with Crippen molar-refractivity contribution in [2.24, 2.45) is 11.3 Å². The molecule has 0 atom stereocenters. The molecule has 2 aliphatic carbocycles. The second-order valence-corrected chi connectivity index (χ2v) is 13.1. The third-order valence-corrected chi connectivity index (χ3v) is 9.58. The number of nitrogens with zero attached hydrogens (tertiary/aromatic N) is 1. The fourth-order valence-corrected chi connectivity index (χ4v) is 6.80. The van der Waals surface area contributed by atoms with Crippen LogP contribution in [0.15, 0.2) is 48.7 Å². The van der Waals surface area contributed by atoms with E-state index in [1.807, 2.05) is 62.7 Å². The first-order chi connectivity index (χ1) is 18.8. The molecule has 7 nitrogen and oxygen atoms in total. The van der Waals surface area contributed by atoms with Crippen molar-refractivity contribution in [1.82, 2.24) is 9.88 Å². The highest BCUT2D eigenvalue weighted by molar-refractivity contribution is 6.62. The summed E-state index contributed by atoms with van der Waals surface area (Å²) in [4.78, 5) is 24.3. The minimum absolute atomic E-state index is 0.0596. The molecular formula is C31H36BFN2O5. The van der Waals surface area contributed by atoms with Crippen LogP contribution in [-0.4, -0.2) is 45.9 Å². The molecule has 1 aromatic heterocycles. The van der Waals surface area contributed by atoms with Gasteiger partial charge in [0.05, 0.1) is 22.3 Å². The number of hydrogen-bond donors (Lipinski definition) is 2. The fraction of sp³-hybridized carbons (Fsp3) is 0.484. The van der Waals surface area contributed by atoms with Crippen LogP contribution in [0, 0.1) is 17.2 Å². The predicted octanol–water partition coefficient (Wildman–Crippen LogP) is 4.89. The Kier molecular flexibility index (Phi) is 6.39. The summed E-state index contributed by atoms with van der Waals surface area (Å²) in [5.74, 6) is -1.06. The highest BCUT2D eigenvalue weighted by Gasteiger charge is 2.53. The summed E-state index contributed by atoms with van der Waals surface area (Å²) in [6.45, 7) is 8.59. The number of carbonyl (C=O) groups is 2. The monoisotopic (exact) mass is 546 g/mol. The van der Waals surface area contributed by atoms with Gasteiger partial charge in [-0.05, 0) is 93.9 Å². The van der Waals surface area contributed by atoms with Crippen molar-refractivity contribution in [2.45, 2.75) is 83.6 Å². The van der Waals surface area contributed by atoms with Crippen LogP contribution >= 0.6 is 0 Å². The molecule has 6 rings (SSSR count). The number of hydrogen-bond acceptors (Lipinski definition) is 4. The smallest absolute Gasteiger partial charge is 0.481 e. The van der Waals surface area contributed by atoms with Crippen molar-refractivity contribution in [1.29, 1.82) is 0 Å². The summed E-state index contributed by atoms with van der Waals surface area (Å²) >= 11 is 0. The number of fused-ring (bicyclic) bond motifs is 1. The van der Waals surface area contributed by atoms with Crippen LogP contribution < -0.4 is 10.8 Å². The molecule has 2 heterocycles. The summed E-state index contributed by atoms with van der Waals surface area (Å²) in [6, 6.07) is 12.7. The van der Waals surface area contributed by atoms with E-state index in [-0.39, 0.29) is 35.5 Å². The van der Waals surface area contributed by atoms with Crippen molar-refractivity contribution in [2.75, 3.05) is 0 Å². The Labute approximate surface area is 234 Å². The molecule has 210 valence electrons. The number of carboxylic acids is 1. The number of halogens is 1. The van der Waals surface area contributed by atoms with E-state index in [1.165, 1.54) is 6.07 Å². The van der Waals surface area contributed by atoms with Gasteiger partial charge in [0.15, 0.2) is 0 Å². The van der Waals surface area contributed by atoms with E-state index >= 15 is 0 Å². The lowest BCUT2D eigenvalue weighted by Crippen LogP contribution is -2.56. The van der Waals surface area contributed by atoms with Gasteiger partial charge in [-0.3, -0.25) is 9.59 Å². The zero-order valence-corrected chi connectivity index (χ0v) is 23.5. The van der Waals surface area contributed by atoms with Gasteiger partial charge in [0.1, 0.15) is 5.82 Å². The van der Waals surface area contributed by atoms with E-state index in [9.17, 15) is 14.0 Å². The second-order valence-electron chi connectivity index (χ2n) is 13.1. The Morgan fingerprint density at radius 1 is 1.00 bits per heavy atom. The number of carbonyl (C=O) groups excluding carboxylic acids is 1. The number of amides is 1. The van der Waals surface area contributed by atoms with Gasteiger partial charge < -0.3 is 24.3 Å². The van der Waals surface area contributed by atoms with Crippen LogP contribution in [0.4, 0.5) is 4.39 Å². The third kappa shape index (κ3) is 4.73. The molecule has 1 saturated heterocycles. The van der Waals surface area contributed by atoms with Crippen molar-refractivity contribution < 1.29 is 28.4 Å². The maximum absolute atomic E-state index is 14.7. The summed E-state index contributed by atoms with van der Waals surface area (Å²) in [5, 5.41) is 12.6. The van der Waals surface area contributed by atoms with E-state index in [2.05, 4.69) is 5.32 Å². The van der Waals surface area contributed by atoms with Gasteiger partial charge in [-0.1, -0.05) is 24.3 Å². The molecule has 3 fully saturated rings. The topological polar surface area (TPSA) is 89.8 Å². The lowest BCUT2D eigenvalue weighted by molar-refractivity contribution is -0.142. The zero-order chi connectivity index (χ0) is 28.4. The van der Waals surface area contributed by atoms with E-state index in [0.717, 1.165) is 36.7 Å². The number of rotatable bonds is 7. The van der Waals surface area contributed by atoms with E-state index in [0.29, 0.717) is 23.0 Å². The molecule has 3 aliphatic rings. The molecule has 40 heavy (non-hydrogen) atoms. The van der Waals surface area contributed by atoms with Crippen LogP contribution in [0.1, 0.15) is 75.7 Å². The standard InChI is InChI=1S/C31H36BFN2O5/c1-29(2)30(3,4)40-32(39-29)21-7-5-19(6-8-21)18-35-12-11-23-25(33)10-9-24(27(23)35)28(38)34-22-16-31(17-22)14-20(15-31)13-26(36)37/h5-12,20,22H,13-18H2,1-4H3,(H,34,38)(H,36,37). The first kappa shape index (κ1) is 27.0. The SMILES string of the molecule is CC1(C)OB(c2ccc(Cn3ccc4c(F)ccc(C(=O)NC5CC6(CC(CC(=O)O)C6)C5)c43)cc2)OC1(C)C. The van der Waals surface area contributed by atoms with Crippen molar-refractivity contribution >= 4 is 35.4 Å². The average Bonchev–Trinajstić information content (AvgIpc) is 3.34. The van der Waals surface area contributed by atoms with E-state index < -0.39 is 24.3 Å². The predicted molar refractivity (Wildman–Crippen MR) is 151 cm³/mol. The number of nitrogens with one attached hydrogen (secondary N) is 1. The van der Waals surface area contributed by atoms with Gasteiger partial charge in [-0.25, -0.2) is 4.39 Å². The molecule has 2 N–H and O–H groups in total. The molecule has 2 saturated carbocycles. The van der Waals surface area contributed by atoms with Crippen LogP contribution in [0.5, 0.6) is 0 Å². The van der Waals surface area contributed by atoms with E-state index in [1.54, 1.807) is 12.1 Å². The molecule has 0 unspecified atom stereocenters. The third-order valence-electron chi connectivity index (χ3n) is 9.58. The van der Waals surface area contributed by atoms with Crippen LogP contribution in [-0.2, 0) is 20.6 Å². The first-order valence-electron chi connectivity index (χ1n) is 14.1. The van der Waals surface area contributed by atoms with Crippen molar-refractivity contribution in [3.05, 3.63) is 65.6 Å². The minimum Gasteiger partial charge on any atom is -0.481 e. The lowest BCUT2D eigenvalue weighted by Gasteiger charge is -2.57. The van der Waals surface area contributed by atoms with Gasteiger partial charge in [-0.15, -0.1) is 0 Å². The molecule has 9 heteroatoms. The van der Waals surface area contributed by atoms with Crippen molar-refractivity contribution in [3.8, 4) is 0 Å². The Morgan fingerprint density at radius 2 is 1.65 bits per heavy atom. The number of aliphatic carboxylic acids is 1. The molecule has 2 aromatic carbocycles. The summed E-state index contributed by atoms with van der Waals surface area (Å²) < 4.78 is 29.0. The molecule has 0 radical (unpaired) electrons. The Balaban J connectivity index is 1.15. The molecule has 1 spiro atoms. The van der Waals surface area contributed by atoms with Gasteiger partial charge in [0.2, 0.25) is 0 Å². The van der Waals surface area contributed by atoms with Crippen LogP contribution in [0.25, 0.3) is 10.9 Å². The van der Waals surface area contributed by atoms with Gasteiger partial charge in [0.25, 0.3) is 5.91 Å². The largest absolute Gasteiger partial charge is 0.494 e. The molecular weight excluding hydrogens is 510 g/mol. The summed E-state index contributed by atoms with van der Waals surface area (Å²) in [5.41, 5.74) is 2.33. The van der Waals surface area contributed by atoms with Gasteiger partial charge >= 0.3 is 13.1 Å². The Morgan fingerprint density at radius 3 is 2.27 bits per heavy atom. The number of aromatic nitrogens is 1. The van der Waals surface area contributed by atoms with Crippen LogP contribution in [0.3, 0.4) is 0 Å². The minimum atomic E-state index is -0.742. The molecule has 1 aliphatic heterocycles. The molecule has 0 bridgehead atoms. The zero-order valence-electron chi connectivity index (χ0n) is 23.5. The quantitative estimate of drug-likeness (QED) is 0.412. The molecule has 3 aromatic rings. The first-order valence-corrected chi connectivity index (χ1v) is 14.1. The second kappa shape index (κ2) is 9.45. The normalized spacial score (nSPS) is 26.5. The van der Waals surface area contributed by atoms with E-state index in [4.69, 9.17) is 14.4 Å². The highest BCUT2D eigenvalue weighted by Crippen LogP contribution is 2.59. The lowest BCUT2D eigenvalue weighted by atomic mass is 9.49. The van der Waals surface area contributed by atoms with Gasteiger partial charge in [0, 0.05) is 30.6 Å². The maximum Gasteiger partial charge on any atom is 0.494 e. The maximum atomic E-state index is 14.7.